The Morgan fingerprint density at radius 1 is 1.38 bits per heavy atom. The topological polar surface area (TPSA) is 63.1 Å². The first-order valence-corrected chi connectivity index (χ1v) is 3.97. The molecule has 1 heterocycles. The van der Waals surface area contributed by atoms with Crippen molar-refractivity contribution in [1.29, 1.82) is 0 Å². The average Bonchev–Trinajstić information content (AvgIpc) is 2.04. The van der Waals surface area contributed by atoms with Crippen LogP contribution in [0.2, 0.25) is 0 Å². The maximum Gasteiger partial charge on any atom is 0.315 e. The summed E-state index contributed by atoms with van der Waals surface area (Å²) in [5.41, 5.74) is 0.204. The molecule has 0 aliphatic heterocycles. The summed E-state index contributed by atoms with van der Waals surface area (Å²) in [6.45, 7) is 4.99. The summed E-state index contributed by atoms with van der Waals surface area (Å²) in [7, 11) is 0. The molecular formula is C9H12N2O2. The molecule has 13 heavy (non-hydrogen) atoms. The van der Waals surface area contributed by atoms with Gasteiger partial charge in [-0.15, -0.1) is 0 Å². The second kappa shape index (κ2) is 3.12. The van der Waals surface area contributed by atoms with Crippen molar-refractivity contribution in [3.05, 3.63) is 23.8 Å². The van der Waals surface area contributed by atoms with Gasteiger partial charge in [0.15, 0.2) is 0 Å². The molecule has 0 radical (unpaired) electrons. The smallest absolute Gasteiger partial charge is 0.315 e. The highest BCUT2D eigenvalue weighted by Gasteiger charge is 2.32. The van der Waals surface area contributed by atoms with Gasteiger partial charge in [-0.1, -0.05) is 0 Å². The maximum atomic E-state index is 10.9. The second-order valence-electron chi connectivity index (χ2n) is 3.42. The standard InChI is InChI=1S/C9H12N2O2/c1-6-7(11-5-4-10-6)9(2,3)8(12)13/h4-5H,1-3H3,(H,12,13). The molecule has 0 amide bonds. The lowest BCUT2D eigenvalue weighted by atomic mass is 9.88. The Morgan fingerprint density at radius 2 is 1.92 bits per heavy atom. The van der Waals surface area contributed by atoms with E-state index in [1.165, 1.54) is 6.20 Å². The van der Waals surface area contributed by atoms with Gasteiger partial charge in [0, 0.05) is 12.4 Å². The molecule has 1 aromatic heterocycles. The summed E-state index contributed by atoms with van der Waals surface area (Å²) in [6, 6.07) is 0. The third kappa shape index (κ3) is 1.66. The summed E-state index contributed by atoms with van der Waals surface area (Å²) in [6.07, 6.45) is 3.06. The van der Waals surface area contributed by atoms with E-state index in [-0.39, 0.29) is 0 Å². The predicted octanol–water partition coefficient (Wildman–Crippen LogP) is 1.15. The number of carboxylic acids is 1. The minimum absolute atomic E-state index is 0.516. The number of carbonyl (C=O) groups is 1. The van der Waals surface area contributed by atoms with Gasteiger partial charge in [0.05, 0.1) is 11.4 Å². The fourth-order valence-corrected chi connectivity index (χ4v) is 1.12. The molecule has 70 valence electrons. The molecule has 0 atom stereocenters. The van der Waals surface area contributed by atoms with Crippen LogP contribution in [-0.4, -0.2) is 21.0 Å². The zero-order valence-electron chi connectivity index (χ0n) is 7.90. The first-order chi connectivity index (χ1) is 5.96. The molecule has 4 nitrogen and oxygen atoms in total. The van der Waals surface area contributed by atoms with E-state index in [0.29, 0.717) is 11.4 Å². The molecule has 0 aliphatic carbocycles. The molecule has 0 spiro atoms. The first kappa shape index (κ1) is 9.64. The van der Waals surface area contributed by atoms with Crippen LogP contribution in [0.3, 0.4) is 0 Å². The van der Waals surface area contributed by atoms with Gasteiger partial charge in [-0.3, -0.25) is 14.8 Å². The Labute approximate surface area is 76.7 Å². The molecule has 1 N–H and O–H groups in total. The Morgan fingerprint density at radius 3 is 2.38 bits per heavy atom. The molecule has 0 bridgehead atoms. The van der Waals surface area contributed by atoms with Crippen molar-refractivity contribution in [3.8, 4) is 0 Å². The van der Waals surface area contributed by atoms with Gasteiger partial charge in [-0.25, -0.2) is 0 Å². The van der Waals surface area contributed by atoms with E-state index in [1.54, 1.807) is 27.0 Å². The van der Waals surface area contributed by atoms with Crippen molar-refractivity contribution in [2.24, 2.45) is 0 Å². The predicted molar refractivity (Wildman–Crippen MR) is 47.4 cm³/mol. The van der Waals surface area contributed by atoms with Crippen molar-refractivity contribution in [1.82, 2.24) is 9.97 Å². The van der Waals surface area contributed by atoms with E-state index < -0.39 is 11.4 Å². The third-order valence-corrected chi connectivity index (χ3v) is 2.01. The van der Waals surface area contributed by atoms with Gasteiger partial charge >= 0.3 is 5.97 Å². The van der Waals surface area contributed by atoms with Crippen molar-refractivity contribution >= 4 is 5.97 Å². The van der Waals surface area contributed by atoms with Crippen LogP contribution in [0.4, 0.5) is 0 Å². The van der Waals surface area contributed by atoms with Crippen LogP contribution in [0.5, 0.6) is 0 Å². The zero-order valence-corrected chi connectivity index (χ0v) is 7.90. The van der Waals surface area contributed by atoms with Crippen LogP contribution in [0, 0.1) is 6.92 Å². The molecule has 0 aromatic carbocycles. The number of hydrogen-bond donors (Lipinski definition) is 1. The Bertz CT molecular complexity index is 334. The zero-order chi connectivity index (χ0) is 10.1. The highest BCUT2D eigenvalue weighted by molar-refractivity contribution is 5.79. The first-order valence-electron chi connectivity index (χ1n) is 3.97. The minimum atomic E-state index is -0.974. The van der Waals surface area contributed by atoms with Crippen LogP contribution in [0.15, 0.2) is 12.4 Å². The molecule has 4 heteroatoms. The lowest BCUT2D eigenvalue weighted by Crippen LogP contribution is -2.30. The van der Waals surface area contributed by atoms with Gasteiger partial charge in [-0.05, 0) is 20.8 Å². The minimum Gasteiger partial charge on any atom is -0.481 e. The fraction of sp³-hybridized carbons (Fsp3) is 0.444. The van der Waals surface area contributed by atoms with Crippen molar-refractivity contribution in [2.45, 2.75) is 26.2 Å². The summed E-state index contributed by atoms with van der Waals surface area (Å²) in [4.78, 5) is 18.9. The highest BCUT2D eigenvalue weighted by Crippen LogP contribution is 2.22. The van der Waals surface area contributed by atoms with Crippen molar-refractivity contribution in [3.63, 3.8) is 0 Å². The van der Waals surface area contributed by atoms with Gasteiger partial charge in [-0.2, -0.15) is 0 Å². The van der Waals surface area contributed by atoms with Crippen LogP contribution in [0.1, 0.15) is 25.2 Å². The highest BCUT2D eigenvalue weighted by atomic mass is 16.4. The quantitative estimate of drug-likeness (QED) is 0.741. The van der Waals surface area contributed by atoms with Crippen molar-refractivity contribution < 1.29 is 9.90 Å². The maximum absolute atomic E-state index is 10.9. The normalized spacial score (nSPS) is 11.3. The number of aryl methyl sites for hydroxylation is 1. The van der Waals surface area contributed by atoms with E-state index in [9.17, 15) is 4.79 Å². The van der Waals surface area contributed by atoms with Gasteiger partial charge < -0.3 is 5.11 Å². The van der Waals surface area contributed by atoms with Crippen LogP contribution < -0.4 is 0 Å². The molecule has 0 unspecified atom stereocenters. The third-order valence-electron chi connectivity index (χ3n) is 2.01. The van der Waals surface area contributed by atoms with Crippen molar-refractivity contribution in [2.75, 3.05) is 0 Å². The van der Waals surface area contributed by atoms with E-state index >= 15 is 0 Å². The van der Waals surface area contributed by atoms with E-state index in [1.807, 2.05) is 0 Å². The number of carboxylic acid groups (broad SMARTS) is 1. The lowest BCUT2D eigenvalue weighted by molar-refractivity contribution is -0.142. The molecular weight excluding hydrogens is 168 g/mol. The number of hydrogen-bond acceptors (Lipinski definition) is 3. The van der Waals surface area contributed by atoms with E-state index in [4.69, 9.17) is 5.11 Å². The summed E-state index contributed by atoms with van der Waals surface area (Å²) in [5, 5.41) is 8.95. The molecule has 0 fully saturated rings. The van der Waals surface area contributed by atoms with Gasteiger partial charge in [0.25, 0.3) is 0 Å². The molecule has 0 aliphatic rings. The second-order valence-corrected chi connectivity index (χ2v) is 3.42. The van der Waals surface area contributed by atoms with Crippen LogP contribution in [-0.2, 0) is 10.2 Å². The number of aromatic nitrogens is 2. The number of nitrogens with zero attached hydrogens (tertiary/aromatic N) is 2. The lowest BCUT2D eigenvalue weighted by Gasteiger charge is -2.19. The monoisotopic (exact) mass is 180 g/mol. The number of aliphatic carboxylic acids is 1. The van der Waals surface area contributed by atoms with Crippen LogP contribution in [0.25, 0.3) is 0 Å². The number of rotatable bonds is 2. The van der Waals surface area contributed by atoms with E-state index in [0.717, 1.165) is 0 Å². The van der Waals surface area contributed by atoms with Gasteiger partial charge in [0.1, 0.15) is 5.41 Å². The SMILES string of the molecule is Cc1nccnc1C(C)(C)C(=O)O. The summed E-state index contributed by atoms with van der Waals surface area (Å²) < 4.78 is 0. The molecule has 0 saturated heterocycles. The Hall–Kier alpha value is -1.45. The van der Waals surface area contributed by atoms with Crippen LogP contribution >= 0.6 is 0 Å². The van der Waals surface area contributed by atoms with Gasteiger partial charge in [0.2, 0.25) is 0 Å². The largest absolute Gasteiger partial charge is 0.481 e. The molecule has 1 aromatic rings. The Balaban J connectivity index is 3.22. The summed E-state index contributed by atoms with van der Waals surface area (Å²) in [5.74, 6) is -0.892. The van der Waals surface area contributed by atoms with E-state index in [2.05, 4.69) is 9.97 Å². The fourth-order valence-electron chi connectivity index (χ4n) is 1.12. The molecule has 1 rings (SSSR count). The average molecular weight is 180 g/mol. The summed E-state index contributed by atoms with van der Waals surface area (Å²) >= 11 is 0. The molecule has 0 saturated carbocycles. The Kier molecular flexibility index (Phi) is 2.32.